The zero-order chi connectivity index (χ0) is 20.4. The molecule has 0 saturated heterocycles. The Labute approximate surface area is 171 Å². The molecule has 1 atom stereocenters. The van der Waals surface area contributed by atoms with Gasteiger partial charge in [0.05, 0.1) is 29.7 Å². The lowest BCUT2D eigenvalue weighted by atomic mass is 9.84. The number of nitrogens with zero attached hydrogens (tertiary/aromatic N) is 2. The van der Waals surface area contributed by atoms with Crippen molar-refractivity contribution in [3.05, 3.63) is 67.4 Å². The number of ether oxygens (including phenoxy) is 3. The average Bonchev–Trinajstić information content (AvgIpc) is 2.66. The summed E-state index contributed by atoms with van der Waals surface area (Å²) in [5.74, 6) is 0.371. The average molecular weight is 446 g/mol. The van der Waals surface area contributed by atoms with Crippen molar-refractivity contribution < 1.29 is 14.2 Å². The van der Waals surface area contributed by atoms with Crippen LogP contribution in [0.5, 0.6) is 11.5 Å². The SMILES string of the molecule is COCCn1c(C)cc2c(c1=O)C(c1ccc(OC)c(Br)c1)C(C#N)=C(N)O2. The van der Waals surface area contributed by atoms with E-state index in [0.717, 1.165) is 11.3 Å². The molecule has 1 aliphatic rings. The Kier molecular flexibility index (Phi) is 5.77. The molecular weight excluding hydrogens is 426 g/mol. The van der Waals surface area contributed by atoms with Crippen LogP contribution in [-0.4, -0.2) is 25.4 Å². The summed E-state index contributed by atoms with van der Waals surface area (Å²) in [4.78, 5) is 13.3. The highest BCUT2D eigenvalue weighted by Gasteiger charge is 2.34. The van der Waals surface area contributed by atoms with Crippen LogP contribution in [0.2, 0.25) is 0 Å². The highest BCUT2D eigenvalue weighted by atomic mass is 79.9. The standard InChI is InChI=1S/C20H20BrN3O4/c1-11-8-16-18(20(25)24(11)6-7-26-2)17(13(10-22)19(23)28-16)12-4-5-15(27-3)14(21)9-12/h4-5,8-9,17H,6-7,23H2,1-3H3. The highest BCUT2D eigenvalue weighted by Crippen LogP contribution is 2.42. The van der Waals surface area contributed by atoms with Gasteiger partial charge >= 0.3 is 0 Å². The Morgan fingerprint density at radius 2 is 2.11 bits per heavy atom. The fourth-order valence-electron chi connectivity index (χ4n) is 3.34. The van der Waals surface area contributed by atoms with Crippen LogP contribution in [0, 0.1) is 18.3 Å². The number of methoxy groups -OCH3 is 2. The fraction of sp³-hybridized carbons (Fsp3) is 0.300. The van der Waals surface area contributed by atoms with Crippen LogP contribution in [-0.2, 0) is 11.3 Å². The molecule has 0 fully saturated rings. The van der Waals surface area contributed by atoms with E-state index < -0.39 is 5.92 Å². The lowest BCUT2D eigenvalue weighted by Gasteiger charge is -2.27. The van der Waals surface area contributed by atoms with E-state index in [1.165, 1.54) is 0 Å². The van der Waals surface area contributed by atoms with Crippen molar-refractivity contribution in [3.63, 3.8) is 0 Å². The lowest BCUT2D eigenvalue weighted by Crippen LogP contribution is -2.33. The van der Waals surface area contributed by atoms with E-state index in [-0.39, 0.29) is 17.0 Å². The van der Waals surface area contributed by atoms with Crippen LogP contribution in [0.1, 0.15) is 22.7 Å². The number of halogens is 1. The third kappa shape index (κ3) is 3.39. The molecular formula is C20H20BrN3O4. The minimum absolute atomic E-state index is 0.000354. The molecule has 0 amide bonds. The first kappa shape index (κ1) is 20.0. The number of nitriles is 1. The van der Waals surface area contributed by atoms with Crippen molar-refractivity contribution in [1.29, 1.82) is 5.26 Å². The normalized spacial score (nSPS) is 15.6. The van der Waals surface area contributed by atoms with Crippen molar-refractivity contribution in [1.82, 2.24) is 4.57 Å². The van der Waals surface area contributed by atoms with Crippen LogP contribution in [0.25, 0.3) is 0 Å². The Morgan fingerprint density at radius 3 is 2.71 bits per heavy atom. The van der Waals surface area contributed by atoms with E-state index in [2.05, 4.69) is 22.0 Å². The fourth-order valence-corrected chi connectivity index (χ4v) is 3.90. The maximum atomic E-state index is 13.3. The smallest absolute Gasteiger partial charge is 0.258 e. The van der Waals surface area contributed by atoms with Gasteiger partial charge in [-0.15, -0.1) is 0 Å². The molecule has 28 heavy (non-hydrogen) atoms. The predicted octanol–water partition coefficient (Wildman–Crippen LogP) is 2.79. The number of rotatable bonds is 5. The van der Waals surface area contributed by atoms with E-state index in [9.17, 15) is 10.1 Å². The predicted molar refractivity (Wildman–Crippen MR) is 107 cm³/mol. The number of hydrogen-bond donors (Lipinski definition) is 1. The Bertz CT molecular complexity index is 1050. The van der Waals surface area contributed by atoms with Crippen molar-refractivity contribution in [3.8, 4) is 17.6 Å². The molecule has 0 saturated carbocycles. The number of nitrogens with two attached hydrogens (primary N) is 1. The second-order valence-corrected chi connectivity index (χ2v) is 7.19. The molecule has 0 spiro atoms. The minimum atomic E-state index is -0.641. The van der Waals surface area contributed by atoms with Crippen LogP contribution in [0.3, 0.4) is 0 Å². The van der Waals surface area contributed by atoms with Gasteiger partial charge in [0.25, 0.3) is 5.56 Å². The largest absolute Gasteiger partial charge is 0.496 e. The van der Waals surface area contributed by atoms with Gasteiger partial charge in [0, 0.05) is 25.4 Å². The van der Waals surface area contributed by atoms with Crippen LogP contribution >= 0.6 is 15.9 Å². The van der Waals surface area contributed by atoms with Gasteiger partial charge < -0.3 is 24.5 Å². The summed E-state index contributed by atoms with van der Waals surface area (Å²) >= 11 is 3.46. The number of aryl methyl sites for hydroxylation is 1. The molecule has 0 aliphatic carbocycles. The number of hydrogen-bond acceptors (Lipinski definition) is 6. The molecule has 2 N–H and O–H groups in total. The monoisotopic (exact) mass is 445 g/mol. The van der Waals surface area contributed by atoms with Crippen molar-refractivity contribution >= 4 is 15.9 Å². The minimum Gasteiger partial charge on any atom is -0.496 e. The summed E-state index contributed by atoms with van der Waals surface area (Å²) < 4.78 is 18.4. The second-order valence-electron chi connectivity index (χ2n) is 6.33. The maximum absolute atomic E-state index is 13.3. The molecule has 7 nitrogen and oxygen atoms in total. The zero-order valence-electron chi connectivity index (χ0n) is 15.8. The maximum Gasteiger partial charge on any atom is 0.258 e. The summed E-state index contributed by atoms with van der Waals surface area (Å²) in [5.41, 5.74) is 7.82. The quantitative estimate of drug-likeness (QED) is 0.759. The third-order valence-corrected chi connectivity index (χ3v) is 5.34. The van der Waals surface area contributed by atoms with Crippen molar-refractivity contribution in [2.75, 3.05) is 20.8 Å². The molecule has 0 bridgehead atoms. The van der Waals surface area contributed by atoms with Crippen LogP contribution < -0.4 is 20.8 Å². The molecule has 1 aromatic heterocycles. The third-order valence-electron chi connectivity index (χ3n) is 4.72. The zero-order valence-corrected chi connectivity index (χ0v) is 17.4. The van der Waals surface area contributed by atoms with Gasteiger partial charge in [-0.25, -0.2) is 0 Å². The molecule has 2 heterocycles. The molecule has 8 heteroatoms. The van der Waals surface area contributed by atoms with Gasteiger partial charge in [-0.2, -0.15) is 5.26 Å². The summed E-state index contributed by atoms with van der Waals surface area (Å²) in [7, 11) is 3.15. The number of fused-ring (bicyclic) bond motifs is 1. The summed E-state index contributed by atoms with van der Waals surface area (Å²) in [6.45, 7) is 2.61. The second kappa shape index (κ2) is 8.09. The number of allylic oxidation sites excluding steroid dienone is 1. The Morgan fingerprint density at radius 1 is 1.36 bits per heavy atom. The molecule has 0 radical (unpaired) electrons. The van der Waals surface area contributed by atoms with E-state index in [1.54, 1.807) is 30.9 Å². The molecule has 1 unspecified atom stereocenters. The van der Waals surface area contributed by atoms with Gasteiger partial charge in [0.1, 0.15) is 23.1 Å². The Balaban J connectivity index is 2.26. The van der Waals surface area contributed by atoms with Gasteiger partial charge in [-0.05, 0) is 40.5 Å². The first-order valence-electron chi connectivity index (χ1n) is 8.57. The van der Waals surface area contributed by atoms with Gasteiger partial charge in [0.15, 0.2) is 0 Å². The van der Waals surface area contributed by atoms with Gasteiger partial charge in [0.2, 0.25) is 5.88 Å². The molecule has 1 aliphatic heterocycles. The summed E-state index contributed by atoms with van der Waals surface area (Å²) in [6, 6.07) is 9.28. The van der Waals surface area contributed by atoms with Crippen LogP contribution in [0.15, 0.2) is 45.0 Å². The van der Waals surface area contributed by atoms with E-state index in [1.807, 2.05) is 19.1 Å². The van der Waals surface area contributed by atoms with Crippen molar-refractivity contribution in [2.24, 2.45) is 5.73 Å². The number of benzene rings is 1. The number of pyridine rings is 1. The Hall–Kier alpha value is -2.76. The van der Waals surface area contributed by atoms with Gasteiger partial charge in [-0.1, -0.05) is 6.07 Å². The number of aromatic nitrogens is 1. The molecule has 2 aromatic rings. The van der Waals surface area contributed by atoms with Crippen molar-refractivity contribution in [2.45, 2.75) is 19.4 Å². The molecule has 1 aromatic carbocycles. The van der Waals surface area contributed by atoms with E-state index >= 15 is 0 Å². The molecule has 3 rings (SSSR count). The van der Waals surface area contributed by atoms with Gasteiger partial charge in [-0.3, -0.25) is 4.79 Å². The summed E-state index contributed by atoms with van der Waals surface area (Å²) in [5, 5.41) is 9.71. The molecule has 146 valence electrons. The van der Waals surface area contributed by atoms with Crippen LogP contribution in [0.4, 0.5) is 0 Å². The first-order chi connectivity index (χ1) is 13.4. The summed E-state index contributed by atoms with van der Waals surface area (Å²) in [6.07, 6.45) is 0. The van der Waals surface area contributed by atoms with E-state index in [0.29, 0.717) is 34.7 Å². The van der Waals surface area contributed by atoms with E-state index in [4.69, 9.17) is 19.9 Å². The lowest BCUT2D eigenvalue weighted by molar-refractivity contribution is 0.185. The first-order valence-corrected chi connectivity index (χ1v) is 9.36. The highest BCUT2D eigenvalue weighted by molar-refractivity contribution is 9.10. The topological polar surface area (TPSA) is 99.5 Å².